The van der Waals surface area contributed by atoms with Gasteiger partial charge in [-0.05, 0) is 6.92 Å². The second-order valence-corrected chi connectivity index (χ2v) is 3.07. The van der Waals surface area contributed by atoms with Crippen LogP contribution in [0.5, 0.6) is 17.2 Å². The monoisotopic (exact) mass is 226 g/mol. The molecule has 16 heavy (non-hydrogen) atoms. The van der Waals surface area contributed by atoms with Crippen molar-refractivity contribution in [2.24, 2.45) is 0 Å². The van der Waals surface area contributed by atoms with Crippen molar-refractivity contribution >= 4 is 12.3 Å². The van der Waals surface area contributed by atoms with E-state index in [4.69, 9.17) is 0 Å². The second-order valence-electron chi connectivity index (χ2n) is 3.07. The Hall–Kier alpha value is -2.24. The molecular weight excluding hydrogens is 216 g/mol. The summed E-state index contributed by atoms with van der Waals surface area (Å²) in [6.07, 6.45) is 0.202. The Kier molecular flexibility index (Phi) is 3.03. The molecule has 0 saturated heterocycles. The van der Waals surface area contributed by atoms with Gasteiger partial charge in [0.05, 0.1) is 18.2 Å². The Balaban J connectivity index is 3.70. The molecule has 0 bridgehead atoms. The summed E-state index contributed by atoms with van der Waals surface area (Å²) < 4.78 is 4.41. The molecular formula is C10H10O6. The second kappa shape index (κ2) is 4.09. The van der Waals surface area contributed by atoms with Crippen LogP contribution in [0, 0.1) is 6.92 Å². The highest BCUT2D eigenvalue weighted by molar-refractivity contribution is 6.03. The highest BCUT2D eigenvalue weighted by Crippen LogP contribution is 2.42. The summed E-state index contributed by atoms with van der Waals surface area (Å²) in [6, 6.07) is 0. The molecule has 1 aromatic carbocycles. The number of methoxy groups -OCH3 is 1. The molecule has 0 aliphatic rings. The zero-order chi connectivity index (χ0) is 12.5. The van der Waals surface area contributed by atoms with Gasteiger partial charge in [0.1, 0.15) is 0 Å². The van der Waals surface area contributed by atoms with Crippen molar-refractivity contribution < 1.29 is 29.6 Å². The Labute approximate surface area is 90.7 Å². The predicted molar refractivity (Wildman–Crippen MR) is 52.9 cm³/mol. The van der Waals surface area contributed by atoms with Gasteiger partial charge in [0.15, 0.2) is 17.8 Å². The van der Waals surface area contributed by atoms with E-state index in [0.29, 0.717) is 0 Å². The summed E-state index contributed by atoms with van der Waals surface area (Å²) in [4.78, 5) is 22.1. The van der Waals surface area contributed by atoms with Crippen LogP contribution in [0.3, 0.4) is 0 Å². The van der Waals surface area contributed by atoms with E-state index in [-0.39, 0.29) is 17.4 Å². The predicted octanol–water partition coefficient (Wildman–Crippen LogP) is 0.711. The van der Waals surface area contributed by atoms with Gasteiger partial charge < -0.3 is 20.1 Å². The number of hydrogen-bond donors (Lipinski definition) is 3. The molecule has 3 N–H and O–H groups in total. The lowest BCUT2D eigenvalue weighted by Gasteiger charge is -2.12. The molecule has 0 amide bonds. The van der Waals surface area contributed by atoms with E-state index >= 15 is 0 Å². The maximum Gasteiger partial charge on any atom is 0.339 e. The quantitative estimate of drug-likeness (QED) is 0.389. The van der Waals surface area contributed by atoms with Crippen molar-refractivity contribution in [2.75, 3.05) is 7.11 Å². The van der Waals surface area contributed by atoms with Crippen LogP contribution in [0.15, 0.2) is 0 Å². The van der Waals surface area contributed by atoms with Crippen LogP contribution in [0.4, 0.5) is 0 Å². The Morgan fingerprint density at radius 3 is 2.19 bits per heavy atom. The first kappa shape index (κ1) is 11.8. The van der Waals surface area contributed by atoms with Crippen molar-refractivity contribution in [3.8, 4) is 17.2 Å². The molecule has 6 heteroatoms. The largest absolute Gasteiger partial charge is 0.504 e. The van der Waals surface area contributed by atoms with Gasteiger partial charge >= 0.3 is 5.97 Å². The average molecular weight is 226 g/mol. The summed E-state index contributed by atoms with van der Waals surface area (Å²) in [6.45, 7) is 1.31. The first-order chi connectivity index (χ1) is 7.45. The molecule has 0 radical (unpaired) electrons. The zero-order valence-corrected chi connectivity index (χ0v) is 8.64. The number of phenols is 3. The lowest BCUT2D eigenvalue weighted by molar-refractivity contribution is 0.0596. The maximum atomic E-state index is 11.3. The fourth-order valence-electron chi connectivity index (χ4n) is 1.34. The molecule has 0 aliphatic heterocycles. The molecule has 0 aromatic heterocycles. The molecule has 6 nitrogen and oxygen atoms in total. The van der Waals surface area contributed by atoms with E-state index in [9.17, 15) is 24.9 Å². The standard InChI is InChI=1S/C10H10O6/c1-4-6(10(15)16-2)5(3-11)8(13)9(14)7(4)12/h3,12-14H,1-2H3. The van der Waals surface area contributed by atoms with Crippen LogP contribution in [0.25, 0.3) is 0 Å². The normalized spacial score (nSPS) is 9.88. The molecule has 1 rings (SSSR count). The Morgan fingerprint density at radius 1 is 1.19 bits per heavy atom. The fourth-order valence-corrected chi connectivity index (χ4v) is 1.34. The number of benzene rings is 1. The summed E-state index contributed by atoms with van der Waals surface area (Å²) >= 11 is 0. The molecule has 0 heterocycles. The maximum absolute atomic E-state index is 11.3. The van der Waals surface area contributed by atoms with E-state index in [1.54, 1.807) is 0 Å². The van der Waals surface area contributed by atoms with E-state index in [2.05, 4.69) is 4.74 Å². The smallest absolute Gasteiger partial charge is 0.339 e. The third-order valence-corrected chi connectivity index (χ3v) is 2.21. The summed E-state index contributed by atoms with van der Waals surface area (Å²) in [5.41, 5.74) is -0.728. The average Bonchev–Trinajstić information content (AvgIpc) is 2.29. The molecule has 0 atom stereocenters. The number of carbonyl (C=O) groups excluding carboxylic acids is 2. The van der Waals surface area contributed by atoms with Crippen molar-refractivity contribution in [1.29, 1.82) is 0 Å². The van der Waals surface area contributed by atoms with Crippen LogP contribution < -0.4 is 0 Å². The highest BCUT2D eigenvalue weighted by atomic mass is 16.5. The third-order valence-electron chi connectivity index (χ3n) is 2.21. The van der Waals surface area contributed by atoms with Gasteiger partial charge in [-0.25, -0.2) is 4.79 Å². The van der Waals surface area contributed by atoms with Gasteiger partial charge in [-0.1, -0.05) is 0 Å². The minimum atomic E-state index is -0.884. The SMILES string of the molecule is COC(=O)c1c(C)c(O)c(O)c(O)c1C=O. The van der Waals surface area contributed by atoms with Crippen molar-refractivity contribution in [2.45, 2.75) is 6.92 Å². The Morgan fingerprint density at radius 2 is 1.75 bits per heavy atom. The lowest BCUT2D eigenvalue weighted by Crippen LogP contribution is -2.08. The third kappa shape index (κ3) is 1.54. The first-order valence-electron chi connectivity index (χ1n) is 4.26. The molecule has 0 spiro atoms. The molecule has 0 fully saturated rings. The highest BCUT2D eigenvalue weighted by Gasteiger charge is 2.25. The summed E-state index contributed by atoms with van der Waals surface area (Å²) in [5, 5.41) is 28.0. The molecule has 86 valence electrons. The van der Waals surface area contributed by atoms with Gasteiger partial charge in [-0.3, -0.25) is 4.79 Å². The number of hydrogen-bond acceptors (Lipinski definition) is 6. The number of aldehydes is 1. The van der Waals surface area contributed by atoms with Crippen molar-refractivity contribution in [3.63, 3.8) is 0 Å². The van der Waals surface area contributed by atoms with E-state index in [1.807, 2.05) is 0 Å². The van der Waals surface area contributed by atoms with Gasteiger partial charge in [-0.2, -0.15) is 0 Å². The van der Waals surface area contributed by atoms with Gasteiger partial charge in [0.2, 0.25) is 5.75 Å². The van der Waals surface area contributed by atoms with Crippen molar-refractivity contribution in [3.05, 3.63) is 16.7 Å². The van der Waals surface area contributed by atoms with E-state index in [1.165, 1.54) is 6.92 Å². The minimum absolute atomic E-state index is 0.0377. The van der Waals surface area contributed by atoms with Crippen LogP contribution in [0.1, 0.15) is 26.3 Å². The number of esters is 1. The molecule has 0 unspecified atom stereocenters. The lowest BCUT2D eigenvalue weighted by atomic mass is 9.99. The van der Waals surface area contributed by atoms with Gasteiger partial charge in [0, 0.05) is 5.56 Å². The minimum Gasteiger partial charge on any atom is -0.504 e. The fraction of sp³-hybridized carbons (Fsp3) is 0.200. The zero-order valence-electron chi connectivity index (χ0n) is 8.64. The number of phenolic OH excluding ortho intramolecular Hbond substituents is 3. The molecule has 0 aliphatic carbocycles. The first-order valence-corrected chi connectivity index (χ1v) is 4.26. The number of ether oxygens (including phenoxy) is 1. The number of rotatable bonds is 2. The molecule has 0 saturated carbocycles. The van der Waals surface area contributed by atoms with Crippen LogP contribution in [0.2, 0.25) is 0 Å². The molecule has 1 aromatic rings. The van der Waals surface area contributed by atoms with Crippen LogP contribution in [-0.4, -0.2) is 34.7 Å². The van der Waals surface area contributed by atoms with Crippen LogP contribution in [-0.2, 0) is 4.74 Å². The Bertz CT molecular complexity index is 463. The topological polar surface area (TPSA) is 104 Å². The van der Waals surface area contributed by atoms with Gasteiger partial charge in [-0.15, -0.1) is 0 Å². The van der Waals surface area contributed by atoms with Gasteiger partial charge in [0.25, 0.3) is 0 Å². The number of aromatic hydroxyl groups is 3. The van der Waals surface area contributed by atoms with E-state index in [0.717, 1.165) is 7.11 Å². The number of carbonyl (C=O) groups is 2. The van der Waals surface area contributed by atoms with E-state index < -0.39 is 28.8 Å². The van der Waals surface area contributed by atoms with Crippen LogP contribution >= 0.6 is 0 Å². The summed E-state index contributed by atoms with van der Waals surface area (Å²) in [5.74, 6) is -3.24. The summed E-state index contributed by atoms with van der Waals surface area (Å²) in [7, 11) is 1.09. The van der Waals surface area contributed by atoms with Crippen molar-refractivity contribution in [1.82, 2.24) is 0 Å².